The molecule has 1 heteroatoms. The van der Waals surface area contributed by atoms with Gasteiger partial charge >= 0.3 is 0 Å². The lowest BCUT2D eigenvalue weighted by Gasteiger charge is -2.08. The van der Waals surface area contributed by atoms with Crippen molar-refractivity contribution in [3.63, 3.8) is 0 Å². The lowest BCUT2D eigenvalue weighted by molar-refractivity contribution is 1.25. The highest BCUT2D eigenvalue weighted by Gasteiger charge is 2.16. The lowest BCUT2D eigenvalue weighted by atomic mass is 9.96. The highest BCUT2D eigenvalue weighted by molar-refractivity contribution is 6.06. The average Bonchev–Trinajstić information content (AvgIpc) is 2.78. The van der Waals surface area contributed by atoms with Crippen molar-refractivity contribution in [3.05, 3.63) is 63.7 Å². The molecule has 0 amide bonds. The van der Waals surface area contributed by atoms with Gasteiger partial charge in [0.2, 0.25) is 0 Å². The van der Waals surface area contributed by atoms with Crippen LogP contribution in [-0.4, -0.2) is 5.71 Å². The van der Waals surface area contributed by atoms with Crippen molar-refractivity contribution in [2.24, 2.45) is 4.99 Å². The minimum Gasteiger partial charge on any atom is -0.252 e. The summed E-state index contributed by atoms with van der Waals surface area (Å²) in [6.07, 6.45) is 0.956. The Morgan fingerprint density at radius 3 is 2.26 bits per heavy atom. The highest BCUT2D eigenvalue weighted by atomic mass is 14.8. The molecule has 0 saturated heterocycles. The fourth-order valence-electron chi connectivity index (χ4n) is 2.66. The van der Waals surface area contributed by atoms with Gasteiger partial charge in [-0.1, -0.05) is 12.1 Å². The van der Waals surface area contributed by atoms with Gasteiger partial charge in [0, 0.05) is 6.42 Å². The first-order valence-electron chi connectivity index (χ1n) is 6.80. The summed E-state index contributed by atoms with van der Waals surface area (Å²) in [5.41, 5.74) is 10.3. The molecular weight excluding hydrogens is 230 g/mol. The molecule has 0 aliphatic carbocycles. The first kappa shape index (κ1) is 12.2. The predicted octanol–water partition coefficient (Wildman–Crippen LogP) is 4.60. The molecule has 2 aromatic carbocycles. The van der Waals surface area contributed by atoms with Crippen LogP contribution in [0.1, 0.15) is 33.4 Å². The smallest absolute Gasteiger partial charge is 0.0671 e. The van der Waals surface area contributed by atoms with Crippen LogP contribution in [0.15, 0.2) is 35.3 Å². The molecule has 0 atom stereocenters. The maximum Gasteiger partial charge on any atom is 0.0671 e. The van der Waals surface area contributed by atoms with Crippen LogP contribution in [0.5, 0.6) is 0 Å². The van der Waals surface area contributed by atoms with E-state index in [1.807, 2.05) is 0 Å². The van der Waals surface area contributed by atoms with E-state index in [9.17, 15) is 0 Å². The first-order chi connectivity index (χ1) is 9.04. The normalized spacial score (nSPS) is 13.4. The van der Waals surface area contributed by atoms with Gasteiger partial charge in [-0.3, -0.25) is 4.99 Å². The molecular formula is C18H19N. The summed E-state index contributed by atoms with van der Waals surface area (Å²) in [5, 5.41) is 0. The number of nitrogens with zero attached hydrogens (tertiary/aromatic N) is 1. The average molecular weight is 249 g/mol. The Bertz CT molecular complexity index is 670. The molecule has 0 spiro atoms. The molecule has 1 aliphatic heterocycles. The molecule has 0 unspecified atom stereocenters. The van der Waals surface area contributed by atoms with Crippen LogP contribution in [0.3, 0.4) is 0 Å². The molecule has 0 saturated carbocycles. The molecule has 1 heterocycles. The number of aliphatic imine (C=N–C) groups is 1. The van der Waals surface area contributed by atoms with Gasteiger partial charge in [0.1, 0.15) is 0 Å². The van der Waals surface area contributed by atoms with Crippen molar-refractivity contribution in [1.29, 1.82) is 0 Å². The Hall–Kier alpha value is -1.89. The second kappa shape index (κ2) is 4.34. The number of hydrogen-bond acceptors (Lipinski definition) is 1. The summed E-state index contributed by atoms with van der Waals surface area (Å²) >= 11 is 0. The summed E-state index contributed by atoms with van der Waals surface area (Å²) in [6, 6.07) is 11.1. The van der Waals surface area contributed by atoms with Crippen molar-refractivity contribution in [1.82, 2.24) is 0 Å². The highest BCUT2D eigenvalue weighted by Crippen LogP contribution is 2.30. The van der Waals surface area contributed by atoms with Gasteiger partial charge in [-0.25, -0.2) is 0 Å². The molecule has 0 radical (unpaired) electrons. The van der Waals surface area contributed by atoms with E-state index in [1.54, 1.807) is 0 Å². The molecule has 96 valence electrons. The van der Waals surface area contributed by atoms with Crippen molar-refractivity contribution < 1.29 is 0 Å². The zero-order valence-corrected chi connectivity index (χ0v) is 12.0. The van der Waals surface area contributed by atoms with E-state index in [0.29, 0.717) is 0 Å². The molecule has 0 aromatic heterocycles. The summed E-state index contributed by atoms with van der Waals surface area (Å²) in [7, 11) is 0. The maximum absolute atomic E-state index is 4.81. The van der Waals surface area contributed by atoms with Crippen molar-refractivity contribution >= 4 is 11.4 Å². The van der Waals surface area contributed by atoms with Crippen LogP contribution in [0.25, 0.3) is 0 Å². The van der Waals surface area contributed by atoms with E-state index in [1.165, 1.54) is 39.1 Å². The van der Waals surface area contributed by atoms with Crippen LogP contribution >= 0.6 is 0 Å². The number of fused-ring (bicyclic) bond motifs is 1. The van der Waals surface area contributed by atoms with E-state index in [2.05, 4.69) is 58.0 Å². The fraction of sp³-hybridized carbons (Fsp3) is 0.278. The minimum absolute atomic E-state index is 0.956. The Morgan fingerprint density at radius 2 is 1.58 bits per heavy atom. The molecule has 1 nitrogen and oxygen atoms in total. The SMILES string of the molecule is Cc1ccc2c(c1)N=C(c1cc(C)c(C)c(C)c1)C2. The molecule has 2 aromatic rings. The lowest BCUT2D eigenvalue weighted by Crippen LogP contribution is -2.02. The van der Waals surface area contributed by atoms with Gasteiger partial charge in [0.05, 0.1) is 11.4 Å². The zero-order valence-electron chi connectivity index (χ0n) is 12.0. The first-order valence-corrected chi connectivity index (χ1v) is 6.80. The van der Waals surface area contributed by atoms with Gasteiger partial charge in [-0.05, 0) is 79.3 Å². The molecule has 19 heavy (non-hydrogen) atoms. The predicted molar refractivity (Wildman–Crippen MR) is 81.7 cm³/mol. The Labute approximate surface area is 115 Å². The quantitative estimate of drug-likeness (QED) is 0.700. The minimum atomic E-state index is 0.956. The third kappa shape index (κ3) is 2.10. The van der Waals surface area contributed by atoms with Gasteiger partial charge in [0.15, 0.2) is 0 Å². The molecule has 1 aliphatic rings. The van der Waals surface area contributed by atoms with Crippen LogP contribution in [0.4, 0.5) is 5.69 Å². The summed E-state index contributed by atoms with van der Waals surface area (Å²) in [5.74, 6) is 0. The maximum atomic E-state index is 4.81. The molecule has 0 bridgehead atoms. The molecule has 3 rings (SSSR count). The van der Waals surface area contributed by atoms with Gasteiger partial charge in [-0.15, -0.1) is 0 Å². The topological polar surface area (TPSA) is 12.4 Å². The van der Waals surface area contributed by atoms with Crippen molar-refractivity contribution in [3.8, 4) is 0 Å². The van der Waals surface area contributed by atoms with E-state index < -0.39 is 0 Å². The van der Waals surface area contributed by atoms with Crippen LogP contribution in [0, 0.1) is 27.7 Å². The Morgan fingerprint density at radius 1 is 0.895 bits per heavy atom. The zero-order chi connectivity index (χ0) is 13.6. The van der Waals surface area contributed by atoms with E-state index in [4.69, 9.17) is 4.99 Å². The number of rotatable bonds is 1. The Balaban J connectivity index is 2.04. The third-order valence-electron chi connectivity index (χ3n) is 4.11. The summed E-state index contributed by atoms with van der Waals surface area (Å²) < 4.78 is 0. The van der Waals surface area contributed by atoms with E-state index >= 15 is 0 Å². The van der Waals surface area contributed by atoms with Crippen LogP contribution in [-0.2, 0) is 6.42 Å². The standard InChI is InChI=1S/C18H19N/c1-11-5-6-15-10-18(19-17(15)7-11)16-8-12(2)14(4)13(3)9-16/h5-9H,10H2,1-4H3. The van der Waals surface area contributed by atoms with Crippen LogP contribution < -0.4 is 0 Å². The second-order valence-electron chi connectivity index (χ2n) is 5.60. The van der Waals surface area contributed by atoms with Crippen LogP contribution in [0.2, 0.25) is 0 Å². The van der Waals surface area contributed by atoms with Crippen molar-refractivity contribution in [2.75, 3.05) is 0 Å². The van der Waals surface area contributed by atoms with Gasteiger partial charge in [0.25, 0.3) is 0 Å². The summed E-state index contributed by atoms with van der Waals surface area (Å²) in [6.45, 7) is 8.66. The summed E-state index contributed by atoms with van der Waals surface area (Å²) in [4.78, 5) is 4.81. The van der Waals surface area contributed by atoms with Gasteiger partial charge < -0.3 is 0 Å². The monoisotopic (exact) mass is 249 g/mol. The van der Waals surface area contributed by atoms with E-state index in [0.717, 1.165) is 12.1 Å². The Kier molecular flexibility index (Phi) is 2.78. The van der Waals surface area contributed by atoms with E-state index in [-0.39, 0.29) is 0 Å². The second-order valence-corrected chi connectivity index (χ2v) is 5.60. The number of benzene rings is 2. The number of hydrogen-bond donors (Lipinski definition) is 0. The molecule has 0 fully saturated rings. The number of aryl methyl sites for hydroxylation is 3. The largest absolute Gasteiger partial charge is 0.252 e. The van der Waals surface area contributed by atoms with Crippen molar-refractivity contribution in [2.45, 2.75) is 34.1 Å². The van der Waals surface area contributed by atoms with Gasteiger partial charge in [-0.2, -0.15) is 0 Å². The fourth-order valence-corrected chi connectivity index (χ4v) is 2.66. The molecule has 0 N–H and O–H groups in total. The third-order valence-corrected chi connectivity index (χ3v) is 4.11.